The number of aromatic nitrogens is 2. The summed E-state index contributed by atoms with van der Waals surface area (Å²) in [6, 6.07) is 21.0. The SMILES string of the molecule is CCC(Cn1ccnc1)C1OCCO1.ClCC(Br)B(c1ccccc1)c1ccccc1. The lowest BCUT2D eigenvalue weighted by atomic mass is 9.39. The van der Waals surface area contributed by atoms with E-state index in [2.05, 4.69) is 80.9 Å². The third kappa shape index (κ3) is 7.21. The van der Waals surface area contributed by atoms with Gasteiger partial charge in [0.1, 0.15) is 0 Å². The van der Waals surface area contributed by atoms with Crippen LogP contribution in [0.15, 0.2) is 79.4 Å². The Kier molecular flexibility index (Phi) is 10.1. The van der Waals surface area contributed by atoms with Gasteiger partial charge in [0.25, 0.3) is 0 Å². The molecule has 1 aliphatic heterocycles. The Labute approximate surface area is 199 Å². The standard InChI is InChI=1S/C14H13BBrCl.C10H16N2O2/c16-14(11-17)15(12-7-3-1-4-8-12)13-9-5-2-6-10-13;1-2-9(10-13-5-6-14-10)7-12-4-3-11-8-12/h1-10,14H,11H2;3-4,8-10H,2,5-7H2,1H3. The molecule has 164 valence electrons. The number of halogens is 2. The topological polar surface area (TPSA) is 36.3 Å². The van der Waals surface area contributed by atoms with E-state index in [1.807, 2.05) is 24.7 Å². The molecule has 0 amide bonds. The molecule has 2 atom stereocenters. The highest BCUT2D eigenvalue weighted by molar-refractivity contribution is 9.10. The number of rotatable bonds is 8. The number of hydrogen-bond donors (Lipinski definition) is 0. The lowest BCUT2D eigenvalue weighted by Gasteiger charge is -2.20. The summed E-state index contributed by atoms with van der Waals surface area (Å²) in [5.74, 6) is 1.01. The Bertz CT molecular complexity index is 809. The van der Waals surface area contributed by atoms with Crippen LogP contribution < -0.4 is 10.9 Å². The van der Waals surface area contributed by atoms with E-state index in [0.29, 0.717) is 18.5 Å². The molecule has 2 heterocycles. The van der Waals surface area contributed by atoms with E-state index in [-0.39, 0.29) is 11.0 Å². The van der Waals surface area contributed by atoms with Crippen molar-refractivity contribution in [2.75, 3.05) is 19.1 Å². The van der Waals surface area contributed by atoms with Crippen molar-refractivity contribution in [1.82, 2.24) is 9.55 Å². The largest absolute Gasteiger partial charge is 0.350 e. The Hall–Kier alpha value is -1.60. The fraction of sp³-hybridized carbons (Fsp3) is 0.375. The van der Waals surface area contributed by atoms with E-state index in [0.717, 1.165) is 26.2 Å². The van der Waals surface area contributed by atoms with Crippen molar-refractivity contribution in [3.8, 4) is 0 Å². The number of ether oxygens (including phenoxy) is 2. The van der Waals surface area contributed by atoms with E-state index in [1.165, 1.54) is 10.9 Å². The van der Waals surface area contributed by atoms with Crippen LogP contribution in [0.4, 0.5) is 0 Å². The predicted octanol–water partition coefficient (Wildman–Crippen LogP) is 4.12. The maximum absolute atomic E-state index is 6.00. The Morgan fingerprint density at radius 2 is 1.65 bits per heavy atom. The van der Waals surface area contributed by atoms with Gasteiger partial charge in [-0.1, -0.05) is 94.4 Å². The lowest BCUT2D eigenvalue weighted by molar-refractivity contribution is -0.0884. The summed E-state index contributed by atoms with van der Waals surface area (Å²) in [6.45, 7) is 4.83. The predicted molar refractivity (Wildman–Crippen MR) is 133 cm³/mol. The van der Waals surface area contributed by atoms with Gasteiger partial charge in [-0.25, -0.2) is 4.98 Å². The molecule has 1 saturated heterocycles. The number of hydrogen-bond acceptors (Lipinski definition) is 3. The molecule has 2 unspecified atom stereocenters. The highest BCUT2D eigenvalue weighted by atomic mass is 79.9. The molecule has 4 rings (SSSR count). The number of imidazole rings is 1. The molecule has 3 aromatic rings. The summed E-state index contributed by atoms with van der Waals surface area (Å²) in [6.07, 6.45) is 6.63. The lowest BCUT2D eigenvalue weighted by Crippen LogP contribution is -2.50. The van der Waals surface area contributed by atoms with Crippen LogP contribution in [0.25, 0.3) is 0 Å². The zero-order chi connectivity index (χ0) is 21.9. The summed E-state index contributed by atoms with van der Waals surface area (Å²) < 4.78 is 13.3. The summed E-state index contributed by atoms with van der Waals surface area (Å²) in [5, 5.41) is 0. The fourth-order valence-electron chi connectivity index (χ4n) is 3.74. The van der Waals surface area contributed by atoms with Crippen molar-refractivity contribution in [3.63, 3.8) is 0 Å². The second-order valence-electron chi connectivity index (χ2n) is 7.51. The molecule has 0 aliphatic carbocycles. The van der Waals surface area contributed by atoms with E-state index < -0.39 is 0 Å². The van der Waals surface area contributed by atoms with Crippen LogP contribution in [0.5, 0.6) is 0 Å². The summed E-state index contributed by atoms with van der Waals surface area (Å²) in [7, 11) is 0. The van der Waals surface area contributed by atoms with Gasteiger partial charge in [-0.05, 0) is 6.42 Å². The Morgan fingerprint density at radius 3 is 2.10 bits per heavy atom. The monoisotopic (exact) mass is 502 g/mol. The highest BCUT2D eigenvalue weighted by Crippen LogP contribution is 2.19. The molecule has 2 aromatic carbocycles. The minimum atomic E-state index is -0.0256. The fourth-order valence-corrected chi connectivity index (χ4v) is 4.53. The molecule has 7 heteroatoms. The zero-order valence-corrected chi connectivity index (χ0v) is 20.2. The molecule has 4 nitrogen and oxygen atoms in total. The third-order valence-electron chi connectivity index (χ3n) is 5.39. The second-order valence-corrected chi connectivity index (χ2v) is 8.99. The molecule has 0 N–H and O–H groups in total. The van der Waals surface area contributed by atoms with Crippen molar-refractivity contribution < 1.29 is 9.47 Å². The number of benzene rings is 2. The van der Waals surface area contributed by atoms with Crippen LogP contribution >= 0.6 is 27.5 Å². The van der Waals surface area contributed by atoms with E-state index in [1.54, 1.807) is 6.20 Å². The molecule has 1 aliphatic rings. The van der Waals surface area contributed by atoms with Crippen LogP contribution in [0.1, 0.15) is 13.3 Å². The van der Waals surface area contributed by atoms with Gasteiger partial charge in [0.15, 0.2) is 6.29 Å². The quantitative estimate of drug-likeness (QED) is 0.343. The van der Waals surface area contributed by atoms with Gasteiger partial charge in [0.2, 0.25) is 6.71 Å². The van der Waals surface area contributed by atoms with Gasteiger partial charge < -0.3 is 14.0 Å². The first-order valence-electron chi connectivity index (χ1n) is 10.7. The van der Waals surface area contributed by atoms with Gasteiger partial charge in [-0.15, -0.1) is 11.6 Å². The van der Waals surface area contributed by atoms with E-state index in [9.17, 15) is 0 Å². The molecule has 1 fully saturated rings. The van der Waals surface area contributed by atoms with Gasteiger partial charge >= 0.3 is 0 Å². The minimum absolute atomic E-state index is 0.0256. The summed E-state index contributed by atoms with van der Waals surface area (Å²) in [5.41, 5.74) is 2.59. The normalized spacial score (nSPS) is 15.7. The molecule has 0 saturated carbocycles. The smallest absolute Gasteiger partial charge is 0.224 e. The molecule has 1 aromatic heterocycles. The van der Waals surface area contributed by atoms with Crippen molar-refractivity contribution in [2.24, 2.45) is 5.92 Å². The molecule has 0 spiro atoms. The molecular formula is C24H29BBrClN2O2. The van der Waals surface area contributed by atoms with E-state index >= 15 is 0 Å². The maximum atomic E-state index is 6.00. The average Bonchev–Trinajstić information content (AvgIpc) is 3.54. The van der Waals surface area contributed by atoms with E-state index in [4.69, 9.17) is 21.1 Å². The number of alkyl halides is 2. The van der Waals surface area contributed by atoms with Crippen molar-refractivity contribution in [2.45, 2.75) is 30.9 Å². The Balaban J connectivity index is 0.000000179. The highest BCUT2D eigenvalue weighted by Gasteiger charge is 2.26. The summed E-state index contributed by atoms with van der Waals surface area (Å²) >= 11 is 9.68. The molecule has 0 bridgehead atoms. The first kappa shape index (κ1) is 24.1. The Morgan fingerprint density at radius 1 is 1.06 bits per heavy atom. The summed E-state index contributed by atoms with van der Waals surface area (Å²) in [4.78, 5) is 4.02. The molecular weight excluding hydrogens is 474 g/mol. The third-order valence-corrected chi connectivity index (χ3v) is 6.95. The first-order valence-corrected chi connectivity index (χ1v) is 12.2. The zero-order valence-electron chi connectivity index (χ0n) is 17.8. The van der Waals surface area contributed by atoms with Crippen LogP contribution in [0.2, 0.25) is 0 Å². The van der Waals surface area contributed by atoms with Crippen molar-refractivity contribution in [1.29, 1.82) is 0 Å². The van der Waals surface area contributed by atoms with Gasteiger partial charge in [0.05, 0.1) is 19.5 Å². The van der Waals surface area contributed by atoms with Gasteiger partial charge in [-0.3, -0.25) is 0 Å². The number of nitrogens with zero attached hydrogens (tertiary/aromatic N) is 2. The first-order chi connectivity index (χ1) is 15.2. The molecule has 31 heavy (non-hydrogen) atoms. The maximum Gasteiger partial charge on any atom is 0.224 e. The van der Waals surface area contributed by atoms with Gasteiger partial charge in [-0.2, -0.15) is 0 Å². The van der Waals surface area contributed by atoms with Crippen LogP contribution in [-0.2, 0) is 16.0 Å². The van der Waals surface area contributed by atoms with Crippen molar-refractivity contribution >= 4 is 45.2 Å². The van der Waals surface area contributed by atoms with Gasteiger partial charge in [0, 0.05) is 35.5 Å². The van der Waals surface area contributed by atoms with Crippen molar-refractivity contribution in [3.05, 3.63) is 79.4 Å². The average molecular weight is 504 g/mol. The van der Waals surface area contributed by atoms with Crippen LogP contribution in [-0.4, -0.2) is 46.4 Å². The molecule has 0 radical (unpaired) electrons. The minimum Gasteiger partial charge on any atom is -0.350 e. The van der Waals surface area contributed by atoms with Crippen LogP contribution in [0.3, 0.4) is 0 Å². The van der Waals surface area contributed by atoms with Crippen LogP contribution in [0, 0.1) is 5.92 Å². The second kappa shape index (κ2) is 13.1.